The zero-order valence-electron chi connectivity index (χ0n) is 13.6. The number of carbonyl (C=O) groups is 2. The Bertz CT molecular complexity index is 538. The molecule has 1 aromatic carbocycles. The van der Waals surface area contributed by atoms with Gasteiger partial charge in [-0.3, -0.25) is 9.59 Å². The van der Waals surface area contributed by atoms with Crippen molar-refractivity contribution in [2.24, 2.45) is 0 Å². The van der Waals surface area contributed by atoms with E-state index in [1.54, 1.807) is 0 Å². The molecule has 0 aromatic heterocycles. The molecule has 5 heteroatoms. The summed E-state index contributed by atoms with van der Waals surface area (Å²) in [6.07, 6.45) is 4.35. The Labute approximate surface area is 137 Å². The lowest BCUT2D eigenvalue weighted by Gasteiger charge is -2.23. The van der Waals surface area contributed by atoms with Crippen LogP contribution in [0.1, 0.15) is 55.7 Å². The van der Waals surface area contributed by atoms with Gasteiger partial charge in [0, 0.05) is 13.0 Å². The maximum absolute atomic E-state index is 12.2. The predicted molar refractivity (Wildman–Crippen MR) is 87.1 cm³/mol. The van der Waals surface area contributed by atoms with Crippen LogP contribution in [0.5, 0.6) is 0 Å². The molecule has 0 bridgehead atoms. The zero-order chi connectivity index (χ0) is 16.7. The van der Waals surface area contributed by atoms with Gasteiger partial charge >= 0.3 is 5.97 Å². The van der Waals surface area contributed by atoms with Crippen LogP contribution in [-0.2, 0) is 14.3 Å². The van der Waals surface area contributed by atoms with Crippen LogP contribution in [0, 0.1) is 6.92 Å². The first-order valence-corrected chi connectivity index (χ1v) is 8.24. The molecule has 23 heavy (non-hydrogen) atoms. The average Bonchev–Trinajstić information content (AvgIpc) is 2.53. The van der Waals surface area contributed by atoms with E-state index < -0.39 is 12.0 Å². The van der Waals surface area contributed by atoms with Crippen molar-refractivity contribution in [3.63, 3.8) is 0 Å². The van der Waals surface area contributed by atoms with E-state index in [4.69, 9.17) is 9.84 Å². The Morgan fingerprint density at radius 3 is 2.78 bits per heavy atom. The number of rotatable bonds is 7. The van der Waals surface area contributed by atoms with Gasteiger partial charge in [0.05, 0.1) is 18.6 Å². The second-order valence-electron chi connectivity index (χ2n) is 6.10. The number of aryl methyl sites for hydroxylation is 1. The molecule has 126 valence electrons. The van der Waals surface area contributed by atoms with Gasteiger partial charge in [-0.25, -0.2) is 0 Å². The number of carboxylic acids is 1. The standard InChI is InChI=1S/C18H25NO4/c1-13-6-2-3-8-15(13)16(12-18(21)22)19-17(20)10-9-14-7-4-5-11-23-14/h2-3,6,8,14,16H,4-5,7,9-12H2,1H3,(H,19,20)(H,21,22)/t14-,16+/m1/s1. The van der Waals surface area contributed by atoms with Crippen LogP contribution in [0.4, 0.5) is 0 Å². The molecule has 2 atom stereocenters. The number of carbonyl (C=O) groups excluding carboxylic acids is 1. The molecule has 0 saturated carbocycles. The number of hydrogen-bond donors (Lipinski definition) is 2. The van der Waals surface area contributed by atoms with Gasteiger partial charge in [-0.2, -0.15) is 0 Å². The first-order chi connectivity index (χ1) is 11.1. The number of hydrogen-bond acceptors (Lipinski definition) is 3. The topological polar surface area (TPSA) is 75.6 Å². The van der Waals surface area contributed by atoms with Gasteiger partial charge in [0.2, 0.25) is 5.91 Å². The average molecular weight is 319 g/mol. The second kappa shape index (κ2) is 8.67. The van der Waals surface area contributed by atoms with Crippen molar-refractivity contribution in [2.45, 2.75) is 57.6 Å². The Morgan fingerprint density at radius 2 is 2.13 bits per heavy atom. The lowest BCUT2D eigenvalue weighted by molar-refractivity contribution is -0.137. The highest BCUT2D eigenvalue weighted by Crippen LogP contribution is 2.22. The summed E-state index contributed by atoms with van der Waals surface area (Å²) < 4.78 is 5.63. The summed E-state index contributed by atoms with van der Waals surface area (Å²) in [5.41, 5.74) is 1.84. The van der Waals surface area contributed by atoms with Gasteiger partial charge in [-0.05, 0) is 43.7 Å². The molecule has 0 radical (unpaired) electrons. The van der Waals surface area contributed by atoms with E-state index in [0.717, 1.165) is 37.0 Å². The van der Waals surface area contributed by atoms with Crippen molar-refractivity contribution >= 4 is 11.9 Å². The molecule has 1 aliphatic heterocycles. The Morgan fingerprint density at radius 1 is 1.35 bits per heavy atom. The number of aliphatic carboxylic acids is 1. The van der Waals surface area contributed by atoms with Crippen LogP contribution in [0.15, 0.2) is 24.3 Å². The molecule has 2 rings (SSSR count). The third-order valence-corrected chi connectivity index (χ3v) is 4.25. The molecular weight excluding hydrogens is 294 g/mol. The van der Waals surface area contributed by atoms with Crippen LogP contribution in [0.3, 0.4) is 0 Å². The van der Waals surface area contributed by atoms with Crippen molar-refractivity contribution in [3.05, 3.63) is 35.4 Å². The second-order valence-corrected chi connectivity index (χ2v) is 6.10. The highest BCUT2D eigenvalue weighted by Gasteiger charge is 2.21. The first kappa shape index (κ1) is 17.5. The molecule has 0 spiro atoms. The van der Waals surface area contributed by atoms with Crippen LogP contribution in [0.2, 0.25) is 0 Å². The predicted octanol–water partition coefficient (Wildman–Crippen LogP) is 2.98. The Balaban J connectivity index is 1.93. The van der Waals surface area contributed by atoms with Crippen molar-refractivity contribution < 1.29 is 19.4 Å². The summed E-state index contributed by atoms with van der Waals surface area (Å²) in [5, 5.41) is 12.0. The first-order valence-electron chi connectivity index (χ1n) is 8.24. The van der Waals surface area contributed by atoms with Crippen LogP contribution >= 0.6 is 0 Å². The summed E-state index contributed by atoms with van der Waals surface area (Å²) in [5.74, 6) is -1.04. The third-order valence-electron chi connectivity index (χ3n) is 4.25. The molecule has 1 amide bonds. The van der Waals surface area contributed by atoms with E-state index in [1.807, 2.05) is 31.2 Å². The summed E-state index contributed by atoms with van der Waals surface area (Å²) >= 11 is 0. The SMILES string of the molecule is Cc1ccccc1[C@H](CC(=O)O)NC(=O)CC[C@H]1CCCCO1. The van der Waals surface area contributed by atoms with Crippen LogP contribution in [-0.4, -0.2) is 29.7 Å². The maximum Gasteiger partial charge on any atom is 0.305 e. The molecular formula is C18H25NO4. The number of carboxylic acid groups (broad SMARTS) is 1. The van der Waals surface area contributed by atoms with Gasteiger partial charge in [-0.15, -0.1) is 0 Å². The van der Waals surface area contributed by atoms with E-state index >= 15 is 0 Å². The van der Waals surface area contributed by atoms with E-state index in [-0.39, 0.29) is 18.4 Å². The Hall–Kier alpha value is -1.88. The van der Waals surface area contributed by atoms with Crippen molar-refractivity contribution in [3.8, 4) is 0 Å². The monoisotopic (exact) mass is 319 g/mol. The minimum absolute atomic E-state index is 0.115. The molecule has 1 heterocycles. The molecule has 2 N–H and O–H groups in total. The number of benzene rings is 1. The smallest absolute Gasteiger partial charge is 0.305 e. The van der Waals surface area contributed by atoms with E-state index in [9.17, 15) is 9.59 Å². The number of amides is 1. The van der Waals surface area contributed by atoms with Gasteiger partial charge in [0.1, 0.15) is 0 Å². The highest BCUT2D eigenvalue weighted by molar-refractivity contribution is 5.77. The van der Waals surface area contributed by atoms with E-state index in [0.29, 0.717) is 12.8 Å². The minimum atomic E-state index is -0.922. The maximum atomic E-state index is 12.2. The summed E-state index contributed by atoms with van der Waals surface area (Å²) in [6.45, 7) is 2.70. The molecule has 1 fully saturated rings. The van der Waals surface area contributed by atoms with Gasteiger partial charge < -0.3 is 15.2 Å². The van der Waals surface area contributed by atoms with Crippen molar-refractivity contribution in [1.82, 2.24) is 5.32 Å². The van der Waals surface area contributed by atoms with E-state index in [1.165, 1.54) is 0 Å². The van der Waals surface area contributed by atoms with Crippen molar-refractivity contribution in [2.75, 3.05) is 6.61 Å². The lowest BCUT2D eigenvalue weighted by atomic mass is 9.98. The molecule has 0 unspecified atom stereocenters. The fourth-order valence-electron chi connectivity index (χ4n) is 2.98. The Kier molecular flexibility index (Phi) is 6.59. The normalized spacial score (nSPS) is 19.1. The molecule has 1 saturated heterocycles. The summed E-state index contributed by atoms with van der Waals surface area (Å²) in [6, 6.07) is 7.06. The summed E-state index contributed by atoms with van der Waals surface area (Å²) in [7, 11) is 0. The quantitative estimate of drug-likeness (QED) is 0.810. The zero-order valence-corrected chi connectivity index (χ0v) is 13.6. The van der Waals surface area contributed by atoms with Crippen LogP contribution in [0.25, 0.3) is 0 Å². The third kappa shape index (κ3) is 5.67. The molecule has 1 aliphatic rings. The number of nitrogens with one attached hydrogen (secondary N) is 1. The fourth-order valence-corrected chi connectivity index (χ4v) is 2.98. The van der Waals surface area contributed by atoms with Crippen LogP contribution < -0.4 is 5.32 Å². The fraction of sp³-hybridized carbons (Fsp3) is 0.556. The molecule has 1 aromatic rings. The number of ether oxygens (including phenoxy) is 1. The molecule has 0 aliphatic carbocycles. The van der Waals surface area contributed by atoms with E-state index in [2.05, 4.69) is 5.32 Å². The highest BCUT2D eigenvalue weighted by atomic mass is 16.5. The minimum Gasteiger partial charge on any atom is -0.481 e. The lowest BCUT2D eigenvalue weighted by Crippen LogP contribution is -2.31. The molecule has 5 nitrogen and oxygen atoms in total. The van der Waals surface area contributed by atoms with Crippen molar-refractivity contribution in [1.29, 1.82) is 0 Å². The van der Waals surface area contributed by atoms with Gasteiger partial charge in [-0.1, -0.05) is 24.3 Å². The largest absolute Gasteiger partial charge is 0.481 e. The van der Waals surface area contributed by atoms with Gasteiger partial charge in [0.15, 0.2) is 0 Å². The van der Waals surface area contributed by atoms with Gasteiger partial charge in [0.25, 0.3) is 0 Å². The summed E-state index contributed by atoms with van der Waals surface area (Å²) in [4.78, 5) is 23.3.